The van der Waals surface area contributed by atoms with Crippen LogP contribution in [0.5, 0.6) is 0 Å². The molecule has 6 nitrogen and oxygen atoms in total. The molecule has 0 atom stereocenters. The van der Waals surface area contributed by atoms with Gasteiger partial charge in [-0.15, -0.1) is 0 Å². The van der Waals surface area contributed by atoms with E-state index in [4.69, 9.17) is 0 Å². The number of nitrogens with one attached hydrogen (secondary N) is 1. The Kier molecular flexibility index (Phi) is 3.60. The molecule has 90 valence electrons. The van der Waals surface area contributed by atoms with E-state index >= 15 is 0 Å². The van der Waals surface area contributed by atoms with E-state index in [2.05, 4.69) is 15.5 Å². The molecule has 0 aliphatic carbocycles. The lowest BCUT2D eigenvalue weighted by Gasteiger charge is -1.99. The highest BCUT2D eigenvalue weighted by atomic mass is 16.6. The molecular weight excluding hydrogens is 232 g/mol. The molecule has 0 fully saturated rings. The predicted molar refractivity (Wildman–Crippen MR) is 68.6 cm³/mol. The first-order valence-corrected chi connectivity index (χ1v) is 5.19. The average molecular weight is 242 g/mol. The van der Waals surface area contributed by atoms with Gasteiger partial charge in [-0.2, -0.15) is 5.10 Å². The zero-order valence-electron chi connectivity index (χ0n) is 9.35. The van der Waals surface area contributed by atoms with Crippen LogP contribution in [0.4, 0.5) is 11.4 Å². The lowest BCUT2D eigenvalue weighted by atomic mass is 10.3. The van der Waals surface area contributed by atoms with Gasteiger partial charge in [0, 0.05) is 24.5 Å². The van der Waals surface area contributed by atoms with E-state index in [1.807, 2.05) is 12.1 Å². The first-order valence-electron chi connectivity index (χ1n) is 5.19. The fraction of sp³-hybridized carbons (Fsp3) is 0. The van der Waals surface area contributed by atoms with Crippen molar-refractivity contribution >= 4 is 17.6 Å². The number of hydrazone groups is 1. The molecule has 0 aliphatic heterocycles. The van der Waals surface area contributed by atoms with Gasteiger partial charge in [0.1, 0.15) is 0 Å². The third-order valence-electron chi connectivity index (χ3n) is 2.19. The van der Waals surface area contributed by atoms with Crippen molar-refractivity contribution in [1.29, 1.82) is 0 Å². The number of nitro groups is 1. The first-order chi connectivity index (χ1) is 8.75. The molecule has 0 radical (unpaired) electrons. The number of pyridine rings is 1. The van der Waals surface area contributed by atoms with E-state index < -0.39 is 4.92 Å². The van der Waals surface area contributed by atoms with Crippen LogP contribution in [0.2, 0.25) is 0 Å². The summed E-state index contributed by atoms with van der Waals surface area (Å²) in [6, 6.07) is 9.68. The molecule has 1 aromatic carbocycles. The quantitative estimate of drug-likeness (QED) is 0.507. The van der Waals surface area contributed by atoms with Crippen molar-refractivity contribution in [2.75, 3.05) is 5.43 Å². The number of benzene rings is 1. The van der Waals surface area contributed by atoms with Crippen molar-refractivity contribution in [2.24, 2.45) is 5.10 Å². The molecule has 0 saturated heterocycles. The molecule has 0 aliphatic rings. The van der Waals surface area contributed by atoms with Gasteiger partial charge in [-0.05, 0) is 29.8 Å². The van der Waals surface area contributed by atoms with Gasteiger partial charge >= 0.3 is 0 Å². The molecule has 6 heteroatoms. The fourth-order valence-electron chi connectivity index (χ4n) is 1.29. The summed E-state index contributed by atoms with van der Waals surface area (Å²) in [6.07, 6.45) is 4.99. The molecule has 1 heterocycles. The maximum absolute atomic E-state index is 10.5. The highest BCUT2D eigenvalue weighted by Gasteiger charge is 2.02. The zero-order valence-corrected chi connectivity index (χ0v) is 9.35. The van der Waals surface area contributed by atoms with Gasteiger partial charge in [0.15, 0.2) is 0 Å². The molecule has 2 rings (SSSR count). The third kappa shape index (κ3) is 3.11. The van der Waals surface area contributed by atoms with Gasteiger partial charge in [-0.1, -0.05) is 0 Å². The zero-order chi connectivity index (χ0) is 12.8. The van der Waals surface area contributed by atoms with Crippen LogP contribution in [0.25, 0.3) is 0 Å². The van der Waals surface area contributed by atoms with Crippen LogP contribution in [0.15, 0.2) is 53.9 Å². The Hall–Kier alpha value is -2.76. The van der Waals surface area contributed by atoms with Gasteiger partial charge < -0.3 is 0 Å². The number of hydrogen-bond donors (Lipinski definition) is 1. The van der Waals surface area contributed by atoms with Gasteiger partial charge in [0.2, 0.25) is 0 Å². The van der Waals surface area contributed by atoms with E-state index in [-0.39, 0.29) is 5.69 Å². The van der Waals surface area contributed by atoms with Crippen LogP contribution >= 0.6 is 0 Å². The van der Waals surface area contributed by atoms with Gasteiger partial charge in [-0.3, -0.25) is 20.5 Å². The molecule has 18 heavy (non-hydrogen) atoms. The number of hydrogen-bond acceptors (Lipinski definition) is 5. The Morgan fingerprint density at radius 3 is 2.44 bits per heavy atom. The molecule has 2 aromatic rings. The van der Waals surface area contributed by atoms with Gasteiger partial charge in [0.25, 0.3) is 5.69 Å². The van der Waals surface area contributed by atoms with Crippen LogP contribution in [0.3, 0.4) is 0 Å². The van der Waals surface area contributed by atoms with E-state index in [1.54, 1.807) is 30.7 Å². The lowest BCUT2D eigenvalue weighted by Crippen LogP contribution is -1.92. The number of non-ortho nitro benzene ring substituents is 1. The minimum absolute atomic E-state index is 0.0543. The van der Waals surface area contributed by atoms with E-state index in [0.717, 1.165) is 5.56 Å². The van der Waals surface area contributed by atoms with E-state index in [9.17, 15) is 10.1 Å². The van der Waals surface area contributed by atoms with E-state index in [0.29, 0.717) is 5.69 Å². The summed E-state index contributed by atoms with van der Waals surface area (Å²) in [6.45, 7) is 0. The summed E-state index contributed by atoms with van der Waals surface area (Å²) in [5.74, 6) is 0. The average Bonchev–Trinajstić information content (AvgIpc) is 2.40. The van der Waals surface area contributed by atoms with Crippen molar-refractivity contribution in [3.05, 3.63) is 64.5 Å². The standard InChI is InChI=1S/C12H10N4O2/c17-16(18)12-3-1-11(2-4-12)15-14-9-10-5-7-13-8-6-10/h1-9,15H. The maximum atomic E-state index is 10.5. The third-order valence-corrected chi connectivity index (χ3v) is 2.19. The second-order valence-electron chi connectivity index (χ2n) is 3.45. The summed E-state index contributed by atoms with van der Waals surface area (Å²) in [7, 11) is 0. The molecule has 0 spiro atoms. The van der Waals surface area contributed by atoms with Crippen molar-refractivity contribution in [3.63, 3.8) is 0 Å². The molecule has 0 saturated carbocycles. The van der Waals surface area contributed by atoms with Gasteiger partial charge in [-0.25, -0.2) is 0 Å². The maximum Gasteiger partial charge on any atom is 0.269 e. The second-order valence-corrected chi connectivity index (χ2v) is 3.45. The number of nitrogens with zero attached hydrogens (tertiary/aromatic N) is 3. The molecular formula is C12H10N4O2. The number of nitro benzene ring substituents is 1. The van der Waals surface area contributed by atoms with E-state index in [1.165, 1.54) is 12.1 Å². The highest BCUT2D eigenvalue weighted by molar-refractivity contribution is 5.79. The minimum Gasteiger partial charge on any atom is -0.278 e. The number of aromatic nitrogens is 1. The fourth-order valence-corrected chi connectivity index (χ4v) is 1.29. The summed E-state index contributed by atoms with van der Waals surface area (Å²) < 4.78 is 0. The topological polar surface area (TPSA) is 80.4 Å². The Morgan fingerprint density at radius 2 is 1.83 bits per heavy atom. The Labute approximate surface area is 103 Å². The number of anilines is 1. The van der Waals surface area contributed by atoms with Crippen LogP contribution in [-0.4, -0.2) is 16.1 Å². The lowest BCUT2D eigenvalue weighted by molar-refractivity contribution is -0.384. The van der Waals surface area contributed by atoms with Crippen molar-refractivity contribution in [2.45, 2.75) is 0 Å². The smallest absolute Gasteiger partial charge is 0.269 e. The van der Waals surface area contributed by atoms with Crippen molar-refractivity contribution in [1.82, 2.24) is 4.98 Å². The Balaban J connectivity index is 1.98. The van der Waals surface area contributed by atoms with Crippen molar-refractivity contribution < 1.29 is 4.92 Å². The van der Waals surface area contributed by atoms with Crippen LogP contribution in [0, 0.1) is 10.1 Å². The normalized spacial score (nSPS) is 10.4. The largest absolute Gasteiger partial charge is 0.278 e. The van der Waals surface area contributed by atoms with Crippen molar-refractivity contribution in [3.8, 4) is 0 Å². The Bertz CT molecular complexity index is 552. The highest BCUT2D eigenvalue weighted by Crippen LogP contribution is 2.15. The van der Waals surface area contributed by atoms with Crippen LogP contribution in [-0.2, 0) is 0 Å². The summed E-state index contributed by atoms with van der Waals surface area (Å²) >= 11 is 0. The minimum atomic E-state index is -0.440. The number of rotatable bonds is 4. The summed E-state index contributed by atoms with van der Waals surface area (Å²) in [4.78, 5) is 13.9. The molecule has 1 aromatic heterocycles. The first kappa shape index (κ1) is 11.7. The SMILES string of the molecule is O=[N+]([O-])c1ccc(NN=Cc2ccncc2)cc1. The Morgan fingerprint density at radius 1 is 1.17 bits per heavy atom. The molecule has 0 unspecified atom stereocenters. The van der Waals surface area contributed by atoms with Crippen LogP contribution in [0.1, 0.15) is 5.56 Å². The summed E-state index contributed by atoms with van der Waals surface area (Å²) in [5, 5.41) is 14.5. The van der Waals surface area contributed by atoms with Gasteiger partial charge in [0.05, 0.1) is 16.8 Å². The monoisotopic (exact) mass is 242 g/mol. The predicted octanol–water partition coefficient (Wildman–Crippen LogP) is 2.44. The van der Waals surface area contributed by atoms with Crippen LogP contribution < -0.4 is 5.43 Å². The molecule has 1 N–H and O–H groups in total. The molecule has 0 bridgehead atoms. The second kappa shape index (κ2) is 5.53. The molecule has 0 amide bonds. The summed E-state index contributed by atoms with van der Waals surface area (Å²) in [5.41, 5.74) is 4.44.